The summed E-state index contributed by atoms with van der Waals surface area (Å²) < 4.78 is 7.18. The SMILES string of the molecule is CN=C(NCCCC1CCCCC1)NCc1c(C)nn(CCOC)c1C.I. The van der Waals surface area contributed by atoms with Crippen LogP contribution in [0.4, 0.5) is 0 Å². The third kappa shape index (κ3) is 7.97. The van der Waals surface area contributed by atoms with E-state index >= 15 is 0 Å². The molecule has 2 rings (SSSR count). The molecule has 7 heteroatoms. The topological polar surface area (TPSA) is 63.5 Å². The molecule has 0 saturated heterocycles. The fourth-order valence-corrected chi connectivity index (χ4v) is 3.85. The summed E-state index contributed by atoms with van der Waals surface area (Å²) in [7, 11) is 3.55. The Hall–Kier alpha value is -0.830. The van der Waals surface area contributed by atoms with E-state index in [4.69, 9.17) is 4.74 Å². The van der Waals surface area contributed by atoms with Crippen molar-refractivity contribution in [3.63, 3.8) is 0 Å². The average Bonchev–Trinajstić information content (AvgIpc) is 2.93. The van der Waals surface area contributed by atoms with Crippen molar-refractivity contribution < 1.29 is 4.74 Å². The molecule has 1 aliphatic carbocycles. The molecule has 156 valence electrons. The van der Waals surface area contributed by atoms with Gasteiger partial charge in [0.2, 0.25) is 0 Å². The highest BCUT2D eigenvalue weighted by atomic mass is 127. The summed E-state index contributed by atoms with van der Waals surface area (Å²) in [6, 6.07) is 0. The predicted octanol–water partition coefficient (Wildman–Crippen LogP) is 3.79. The number of ether oxygens (including phenoxy) is 1. The van der Waals surface area contributed by atoms with Crippen LogP contribution in [0.25, 0.3) is 0 Å². The summed E-state index contributed by atoms with van der Waals surface area (Å²) >= 11 is 0. The molecule has 2 N–H and O–H groups in total. The lowest BCUT2D eigenvalue weighted by molar-refractivity contribution is 0.182. The molecular formula is C20H38IN5O. The molecule has 6 nitrogen and oxygen atoms in total. The molecule has 0 aromatic carbocycles. The second-order valence-electron chi connectivity index (χ2n) is 7.36. The number of methoxy groups -OCH3 is 1. The van der Waals surface area contributed by atoms with Gasteiger partial charge < -0.3 is 15.4 Å². The number of aromatic nitrogens is 2. The lowest BCUT2D eigenvalue weighted by Gasteiger charge is -2.21. The predicted molar refractivity (Wildman–Crippen MR) is 123 cm³/mol. The van der Waals surface area contributed by atoms with Crippen LogP contribution in [0.3, 0.4) is 0 Å². The fraction of sp³-hybridized carbons (Fsp3) is 0.800. The van der Waals surface area contributed by atoms with Gasteiger partial charge in [-0.2, -0.15) is 5.10 Å². The zero-order chi connectivity index (χ0) is 18.8. The van der Waals surface area contributed by atoms with E-state index in [1.165, 1.54) is 56.2 Å². The maximum Gasteiger partial charge on any atom is 0.191 e. The Bertz CT molecular complexity index is 567. The Morgan fingerprint density at radius 1 is 1.22 bits per heavy atom. The van der Waals surface area contributed by atoms with Crippen molar-refractivity contribution in [3.8, 4) is 0 Å². The van der Waals surface area contributed by atoms with Gasteiger partial charge in [-0.15, -0.1) is 24.0 Å². The molecule has 27 heavy (non-hydrogen) atoms. The Morgan fingerprint density at radius 2 is 1.96 bits per heavy atom. The number of guanidine groups is 1. The molecule has 0 amide bonds. The maximum absolute atomic E-state index is 5.16. The number of halogens is 1. The minimum atomic E-state index is 0. The van der Waals surface area contributed by atoms with Crippen LogP contribution in [0.5, 0.6) is 0 Å². The van der Waals surface area contributed by atoms with Gasteiger partial charge in [0.05, 0.1) is 18.8 Å². The Labute approximate surface area is 181 Å². The molecule has 0 atom stereocenters. The van der Waals surface area contributed by atoms with Crippen LogP contribution in [0.1, 0.15) is 61.9 Å². The number of aliphatic imine (C=N–C) groups is 1. The van der Waals surface area contributed by atoms with Gasteiger partial charge >= 0.3 is 0 Å². The summed E-state index contributed by atoms with van der Waals surface area (Å²) in [5.41, 5.74) is 3.50. The van der Waals surface area contributed by atoms with Crippen LogP contribution < -0.4 is 10.6 Å². The van der Waals surface area contributed by atoms with Gasteiger partial charge in [0.1, 0.15) is 0 Å². The highest BCUT2D eigenvalue weighted by molar-refractivity contribution is 14.0. The molecule has 0 radical (unpaired) electrons. The van der Waals surface area contributed by atoms with Gasteiger partial charge in [-0.3, -0.25) is 9.67 Å². The third-order valence-corrected chi connectivity index (χ3v) is 5.50. The number of hydrogen-bond donors (Lipinski definition) is 2. The van der Waals surface area contributed by atoms with E-state index in [1.54, 1.807) is 7.11 Å². The monoisotopic (exact) mass is 491 g/mol. The van der Waals surface area contributed by atoms with Crippen molar-refractivity contribution in [2.45, 2.75) is 71.9 Å². The lowest BCUT2D eigenvalue weighted by atomic mass is 9.86. The van der Waals surface area contributed by atoms with Gasteiger partial charge in [-0.1, -0.05) is 32.1 Å². The maximum atomic E-state index is 5.16. The number of aryl methyl sites for hydroxylation is 1. The molecule has 0 aliphatic heterocycles. The Kier molecular flexibility index (Phi) is 12.0. The van der Waals surface area contributed by atoms with E-state index in [0.717, 1.165) is 37.2 Å². The quantitative estimate of drug-likeness (QED) is 0.239. The third-order valence-electron chi connectivity index (χ3n) is 5.50. The first-order valence-corrected chi connectivity index (χ1v) is 10.1. The largest absolute Gasteiger partial charge is 0.383 e. The van der Waals surface area contributed by atoms with E-state index in [-0.39, 0.29) is 24.0 Å². The van der Waals surface area contributed by atoms with Crippen LogP contribution in [-0.2, 0) is 17.8 Å². The van der Waals surface area contributed by atoms with Crippen LogP contribution >= 0.6 is 24.0 Å². The zero-order valence-corrected chi connectivity index (χ0v) is 19.8. The molecule has 0 spiro atoms. The van der Waals surface area contributed by atoms with Gasteiger partial charge in [-0.25, -0.2) is 0 Å². The van der Waals surface area contributed by atoms with Crippen LogP contribution in [0.15, 0.2) is 4.99 Å². The van der Waals surface area contributed by atoms with Crippen molar-refractivity contribution in [1.29, 1.82) is 0 Å². The van der Waals surface area contributed by atoms with E-state index in [2.05, 4.69) is 34.6 Å². The van der Waals surface area contributed by atoms with Gasteiger partial charge in [-0.05, 0) is 32.6 Å². The summed E-state index contributed by atoms with van der Waals surface area (Å²) in [4.78, 5) is 4.35. The molecule has 0 bridgehead atoms. The van der Waals surface area contributed by atoms with E-state index in [9.17, 15) is 0 Å². The minimum absolute atomic E-state index is 0. The minimum Gasteiger partial charge on any atom is -0.383 e. The van der Waals surface area contributed by atoms with Crippen LogP contribution in [-0.4, -0.2) is 43.0 Å². The van der Waals surface area contributed by atoms with Gasteiger partial charge in [0, 0.05) is 38.5 Å². The standard InChI is InChI=1S/C20H37N5O.HI/c1-16-19(17(2)25(24-16)13-14-26-4)15-23-20(21-3)22-12-8-11-18-9-6-5-7-10-18;/h18H,5-15H2,1-4H3,(H2,21,22,23);1H. The average molecular weight is 491 g/mol. The summed E-state index contributed by atoms with van der Waals surface area (Å²) in [6.45, 7) is 7.38. The normalized spacial score (nSPS) is 15.5. The summed E-state index contributed by atoms with van der Waals surface area (Å²) in [5.74, 6) is 1.82. The van der Waals surface area contributed by atoms with E-state index < -0.39 is 0 Å². The molecule has 1 heterocycles. The summed E-state index contributed by atoms with van der Waals surface area (Å²) in [6.07, 6.45) is 9.71. The molecular weight excluding hydrogens is 453 g/mol. The van der Waals surface area contributed by atoms with Crippen molar-refractivity contribution in [1.82, 2.24) is 20.4 Å². The Balaban J connectivity index is 0.00000364. The first-order valence-electron chi connectivity index (χ1n) is 10.1. The number of hydrogen-bond acceptors (Lipinski definition) is 3. The fourth-order valence-electron chi connectivity index (χ4n) is 3.85. The smallest absolute Gasteiger partial charge is 0.191 e. The van der Waals surface area contributed by atoms with Gasteiger partial charge in [0.25, 0.3) is 0 Å². The van der Waals surface area contributed by atoms with Crippen molar-refractivity contribution in [3.05, 3.63) is 17.0 Å². The number of rotatable bonds is 9. The number of nitrogens with one attached hydrogen (secondary N) is 2. The zero-order valence-electron chi connectivity index (χ0n) is 17.5. The highest BCUT2D eigenvalue weighted by Crippen LogP contribution is 2.26. The van der Waals surface area contributed by atoms with Crippen molar-refractivity contribution in [2.75, 3.05) is 27.3 Å². The Morgan fingerprint density at radius 3 is 2.63 bits per heavy atom. The molecule has 1 saturated carbocycles. The highest BCUT2D eigenvalue weighted by Gasteiger charge is 2.13. The van der Waals surface area contributed by atoms with Gasteiger partial charge in [0.15, 0.2) is 5.96 Å². The number of nitrogens with zero attached hydrogens (tertiary/aromatic N) is 3. The summed E-state index contributed by atoms with van der Waals surface area (Å²) in [5, 5.41) is 11.5. The van der Waals surface area contributed by atoms with Crippen molar-refractivity contribution in [2.24, 2.45) is 10.9 Å². The van der Waals surface area contributed by atoms with E-state index in [0.29, 0.717) is 6.61 Å². The first kappa shape index (κ1) is 24.2. The first-order chi connectivity index (χ1) is 12.7. The lowest BCUT2D eigenvalue weighted by Crippen LogP contribution is -2.37. The van der Waals surface area contributed by atoms with Crippen molar-refractivity contribution >= 4 is 29.9 Å². The second kappa shape index (κ2) is 13.4. The van der Waals surface area contributed by atoms with Crippen LogP contribution in [0.2, 0.25) is 0 Å². The molecule has 1 aromatic heterocycles. The molecule has 1 aromatic rings. The molecule has 0 unspecified atom stereocenters. The molecule has 1 fully saturated rings. The van der Waals surface area contributed by atoms with E-state index in [1.807, 2.05) is 11.7 Å². The van der Waals surface area contributed by atoms with Crippen LogP contribution in [0, 0.1) is 19.8 Å². The molecule has 1 aliphatic rings. The second-order valence-corrected chi connectivity index (χ2v) is 7.36.